The van der Waals surface area contributed by atoms with Gasteiger partial charge in [-0.1, -0.05) is 13.8 Å². The maximum atomic E-state index is 12.5. The van der Waals surface area contributed by atoms with Crippen LogP contribution < -0.4 is 0 Å². The molecule has 0 bridgehead atoms. The standard InChI is InChI=1S/C34H50O11/c1-18-27(43-19(2)35)28(40-6)29(44-20(3)36)30(42-18)45-22-7-11-31(4)24-8-12-32(5)23(21-15-26(37)41-17-21)10-14-34(32,39)25(24)9-13-33(31,38)16-22/h15,18,22-25,27-30,38-39H,7-14,16-17H2,1-6H3/t18-,22+,23-,24+,25-,27+,28+,29-,30+,31-,32-,33+,34+/m1/s1. The van der Waals surface area contributed by atoms with E-state index >= 15 is 0 Å². The van der Waals surface area contributed by atoms with Crippen molar-refractivity contribution in [3.8, 4) is 0 Å². The molecule has 0 aromatic rings. The van der Waals surface area contributed by atoms with E-state index in [0.717, 1.165) is 24.8 Å². The highest BCUT2D eigenvalue weighted by Gasteiger charge is 2.70. The molecular formula is C34H50O11. The van der Waals surface area contributed by atoms with Gasteiger partial charge in [-0.25, -0.2) is 4.79 Å². The summed E-state index contributed by atoms with van der Waals surface area (Å²) in [6.45, 7) is 9.06. The van der Waals surface area contributed by atoms with Gasteiger partial charge in [0, 0.05) is 38.9 Å². The second-order valence-corrected chi connectivity index (χ2v) is 15.1. The van der Waals surface area contributed by atoms with Crippen LogP contribution in [0.1, 0.15) is 92.4 Å². The molecule has 6 aliphatic rings. The fraction of sp³-hybridized carbons (Fsp3) is 0.853. The summed E-state index contributed by atoms with van der Waals surface area (Å²) < 4.78 is 34.7. The summed E-state index contributed by atoms with van der Waals surface area (Å²) in [5.74, 6) is -1.01. The first-order valence-electron chi connectivity index (χ1n) is 16.7. The molecule has 11 nitrogen and oxygen atoms in total. The number of cyclic esters (lactones) is 1. The molecule has 0 aromatic heterocycles. The first-order valence-corrected chi connectivity index (χ1v) is 16.7. The van der Waals surface area contributed by atoms with Crippen LogP contribution in [0.15, 0.2) is 11.6 Å². The second kappa shape index (κ2) is 11.6. The molecule has 0 amide bonds. The molecule has 252 valence electrons. The zero-order valence-electron chi connectivity index (χ0n) is 27.4. The first-order chi connectivity index (χ1) is 21.2. The Balaban J connectivity index is 1.19. The molecule has 0 radical (unpaired) electrons. The molecule has 4 saturated carbocycles. The zero-order valence-corrected chi connectivity index (χ0v) is 27.4. The van der Waals surface area contributed by atoms with E-state index in [9.17, 15) is 24.6 Å². The van der Waals surface area contributed by atoms with Crippen molar-refractivity contribution in [3.05, 3.63) is 11.6 Å². The Morgan fingerprint density at radius 1 is 0.889 bits per heavy atom. The number of ether oxygens (including phenoxy) is 6. The first kappa shape index (κ1) is 32.9. The number of hydrogen-bond acceptors (Lipinski definition) is 11. The summed E-state index contributed by atoms with van der Waals surface area (Å²) in [5.41, 5.74) is -1.63. The highest BCUT2D eigenvalue weighted by molar-refractivity contribution is 5.85. The molecule has 45 heavy (non-hydrogen) atoms. The van der Waals surface area contributed by atoms with Gasteiger partial charge in [0.25, 0.3) is 0 Å². The SMILES string of the molecule is CO[C@H]1[C@@H](OC(C)=O)[C@@H](C)O[C@@H](O[C@H]2CC[C@]3(C)[C@H]4CC[C@]5(C)[C@@H](C6=CC(=O)OC6)CC[C@]5(O)[C@@H]4CC[C@]3(O)C2)[C@@H]1OC(C)=O. The highest BCUT2D eigenvalue weighted by atomic mass is 16.7. The monoisotopic (exact) mass is 634 g/mol. The lowest BCUT2D eigenvalue weighted by Gasteiger charge is -2.66. The van der Waals surface area contributed by atoms with Crippen molar-refractivity contribution >= 4 is 17.9 Å². The zero-order chi connectivity index (χ0) is 32.5. The van der Waals surface area contributed by atoms with Crippen molar-refractivity contribution in [3.63, 3.8) is 0 Å². The summed E-state index contributed by atoms with van der Waals surface area (Å²) in [6.07, 6.45) is 3.42. The predicted octanol–water partition coefficient (Wildman–Crippen LogP) is 3.37. The van der Waals surface area contributed by atoms with Crippen LogP contribution in [0, 0.1) is 28.6 Å². The second-order valence-electron chi connectivity index (χ2n) is 15.1. The number of methoxy groups -OCH3 is 1. The Morgan fingerprint density at radius 2 is 1.56 bits per heavy atom. The number of carbonyl (C=O) groups excluding carboxylic acids is 3. The maximum absolute atomic E-state index is 12.5. The highest BCUT2D eigenvalue weighted by Crippen LogP contribution is 2.70. The summed E-state index contributed by atoms with van der Waals surface area (Å²) in [6, 6.07) is 0. The molecule has 0 aromatic carbocycles. The molecule has 13 atom stereocenters. The van der Waals surface area contributed by atoms with E-state index in [4.69, 9.17) is 28.4 Å². The summed E-state index contributed by atoms with van der Waals surface area (Å²) >= 11 is 0. The fourth-order valence-electron chi connectivity index (χ4n) is 10.7. The van der Waals surface area contributed by atoms with Crippen LogP contribution in [-0.2, 0) is 42.8 Å². The Morgan fingerprint density at radius 3 is 2.20 bits per heavy atom. The largest absolute Gasteiger partial charge is 0.458 e. The lowest BCUT2D eigenvalue weighted by Crippen LogP contribution is -2.68. The molecule has 0 unspecified atom stereocenters. The molecule has 0 spiro atoms. The number of carbonyl (C=O) groups is 3. The summed E-state index contributed by atoms with van der Waals surface area (Å²) in [4.78, 5) is 35.8. The lowest BCUT2D eigenvalue weighted by atomic mass is 9.42. The Kier molecular flexibility index (Phi) is 8.46. The van der Waals surface area contributed by atoms with Crippen LogP contribution in [0.5, 0.6) is 0 Å². The maximum Gasteiger partial charge on any atom is 0.331 e. The van der Waals surface area contributed by atoms with E-state index in [0.29, 0.717) is 45.1 Å². The van der Waals surface area contributed by atoms with E-state index in [1.54, 1.807) is 13.0 Å². The van der Waals surface area contributed by atoms with Gasteiger partial charge in [-0.2, -0.15) is 0 Å². The third-order valence-corrected chi connectivity index (χ3v) is 13.0. The topological polar surface area (TPSA) is 147 Å². The van der Waals surface area contributed by atoms with E-state index in [-0.39, 0.29) is 35.2 Å². The van der Waals surface area contributed by atoms with Gasteiger partial charge >= 0.3 is 17.9 Å². The van der Waals surface area contributed by atoms with Crippen molar-refractivity contribution in [2.75, 3.05) is 13.7 Å². The Hall–Kier alpha value is -2.05. The van der Waals surface area contributed by atoms with Gasteiger partial charge in [-0.05, 0) is 87.0 Å². The number of fused-ring (bicyclic) bond motifs is 5. The minimum Gasteiger partial charge on any atom is -0.458 e. The van der Waals surface area contributed by atoms with Crippen LogP contribution in [0.4, 0.5) is 0 Å². The van der Waals surface area contributed by atoms with Crippen LogP contribution in [0.2, 0.25) is 0 Å². The number of hydrogen-bond donors (Lipinski definition) is 2. The van der Waals surface area contributed by atoms with Gasteiger partial charge in [-0.3, -0.25) is 9.59 Å². The third-order valence-electron chi connectivity index (χ3n) is 13.0. The molecule has 6 rings (SSSR count). The van der Waals surface area contributed by atoms with Gasteiger partial charge in [0.05, 0.1) is 23.4 Å². The van der Waals surface area contributed by atoms with Gasteiger partial charge in [-0.15, -0.1) is 0 Å². The minimum atomic E-state index is -1.01. The number of aliphatic hydroxyl groups is 2. The van der Waals surface area contributed by atoms with E-state index in [1.807, 2.05) is 0 Å². The van der Waals surface area contributed by atoms with Gasteiger partial charge in [0.1, 0.15) is 12.7 Å². The Bertz CT molecular complexity index is 1230. The molecule has 2 N–H and O–H groups in total. The third kappa shape index (κ3) is 5.16. The quantitative estimate of drug-likeness (QED) is 0.252. The van der Waals surface area contributed by atoms with Gasteiger partial charge in [0.15, 0.2) is 18.5 Å². The minimum absolute atomic E-state index is 0.0548. The number of rotatable bonds is 6. The number of esters is 3. The van der Waals surface area contributed by atoms with Crippen molar-refractivity contribution in [1.29, 1.82) is 0 Å². The average Bonchev–Trinajstić information content (AvgIpc) is 3.51. The molecule has 5 fully saturated rings. The van der Waals surface area contributed by atoms with E-state index in [1.165, 1.54) is 21.0 Å². The van der Waals surface area contributed by atoms with Crippen LogP contribution in [0.3, 0.4) is 0 Å². The predicted molar refractivity (Wildman–Crippen MR) is 158 cm³/mol. The molecule has 4 aliphatic carbocycles. The van der Waals surface area contributed by atoms with Crippen LogP contribution in [0.25, 0.3) is 0 Å². The smallest absolute Gasteiger partial charge is 0.331 e. The van der Waals surface area contributed by atoms with Crippen molar-refractivity contribution in [2.24, 2.45) is 28.6 Å². The molecule has 11 heteroatoms. The molecular weight excluding hydrogens is 584 g/mol. The van der Waals surface area contributed by atoms with Crippen LogP contribution >= 0.6 is 0 Å². The van der Waals surface area contributed by atoms with E-state index < -0.39 is 59.3 Å². The normalized spacial score (nSPS) is 49.2. The van der Waals surface area contributed by atoms with Crippen molar-refractivity contribution in [1.82, 2.24) is 0 Å². The van der Waals surface area contributed by atoms with Crippen molar-refractivity contribution in [2.45, 2.75) is 140 Å². The fourth-order valence-corrected chi connectivity index (χ4v) is 10.7. The Labute approximate surface area is 265 Å². The average molecular weight is 635 g/mol. The van der Waals surface area contributed by atoms with E-state index in [2.05, 4.69) is 13.8 Å². The van der Waals surface area contributed by atoms with Gasteiger partial charge < -0.3 is 38.6 Å². The summed E-state index contributed by atoms with van der Waals surface area (Å²) in [5, 5.41) is 24.9. The molecule has 1 saturated heterocycles. The van der Waals surface area contributed by atoms with Crippen LogP contribution in [-0.4, -0.2) is 89.8 Å². The summed E-state index contributed by atoms with van der Waals surface area (Å²) in [7, 11) is 1.47. The van der Waals surface area contributed by atoms with Gasteiger partial charge in [0.2, 0.25) is 0 Å². The molecule has 2 aliphatic heterocycles. The van der Waals surface area contributed by atoms with Crippen molar-refractivity contribution < 1.29 is 53.0 Å². The molecule has 2 heterocycles. The lowest BCUT2D eigenvalue weighted by molar-refractivity contribution is -0.324.